The normalized spacial score (nSPS) is 11.4. The topological polar surface area (TPSA) is 88.4 Å². The lowest BCUT2D eigenvalue weighted by Gasteiger charge is -2.11. The highest BCUT2D eigenvalue weighted by Crippen LogP contribution is 2.29. The minimum atomic E-state index is -4.80. The van der Waals surface area contributed by atoms with Crippen molar-refractivity contribution in [3.63, 3.8) is 0 Å². The first-order valence-corrected chi connectivity index (χ1v) is 10.2. The van der Waals surface area contributed by atoms with Gasteiger partial charge in [0.1, 0.15) is 17.2 Å². The Bertz CT molecular complexity index is 1320. The number of hydrogen-bond acceptors (Lipinski definition) is 7. The average molecular weight is 472 g/mol. The number of aromatic nitrogens is 4. The lowest BCUT2D eigenvalue weighted by atomic mass is 10.1. The zero-order chi connectivity index (χ0) is 24.3. The Morgan fingerprint density at radius 1 is 1.03 bits per heavy atom. The summed E-state index contributed by atoms with van der Waals surface area (Å²) in [4.78, 5) is 16.9. The number of benzene rings is 2. The Morgan fingerprint density at radius 3 is 2.44 bits per heavy atom. The molecule has 0 unspecified atom stereocenters. The van der Waals surface area contributed by atoms with Gasteiger partial charge < -0.3 is 14.2 Å². The molecule has 2 heterocycles. The number of ether oxygens (including phenoxy) is 3. The van der Waals surface area contributed by atoms with Crippen molar-refractivity contribution >= 4 is 16.7 Å². The van der Waals surface area contributed by atoms with Gasteiger partial charge in [0.05, 0.1) is 26.0 Å². The van der Waals surface area contributed by atoms with Gasteiger partial charge in [-0.05, 0) is 48.2 Å². The summed E-state index contributed by atoms with van der Waals surface area (Å²) < 4.78 is 53.4. The van der Waals surface area contributed by atoms with Crippen LogP contribution < -0.4 is 9.47 Å². The maximum absolute atomic E-state index is 12.5. The molecule has 8 nitrogen and oxygen atoms in total. The van der Waals surface area contributed by atoms with E-state index in [1.165, 1.54) is 29.1 Å². The number of halogens is 3. The number of methoxy groups -OCH3 is 1. The zero-order valence-corrected chi connectivity index (χ0v) is 18.2. The maximum atomic E-state index is 12.5. The van der Waals surface area contributed by atoms with Gasteiger partial charge in [-0.25, -0.2) is 9.48 Å². The lowest BCUT2D eigenvalue weighted by molar-refractivity contribution is -0.274. The third-order valence-corrected chi connectivity index (χ3v) is 4.86. The summed E-state index contributed by atoms with van der Waals surface area (Å²) in [5.41, 5.74) is 1.54. The average Bonchev–Trinajstić information content (AvgIpc) is 3.22. The molecule has 0 aliphatic carbocycles. The molecule has 0 spiro atoms. The molecule has 0 amide bonds. The Labute approximate surface area is 191 Å². The molecular formula is C23H19F3N4O4. The molecule has 4 aromatic rings. The van der Waals surface area contributed by atoms with Crippen molar-refractivity contribution in [2.45, 2.75) is 19.8 Å². The molecule has 2 aromatic carbocycles. The van der Waals surface area contributed by atoms with Gasteiger partial charge in [-0.1, -0.05) is 23.4 Å². The Kier molecular flexibility index (Phi) is 6.35. The summed E-state index contributed by atoms with van der Waals surface area (Å²) in [5, 5.41) is 9.14. The highest BCUT2D eigenvalue weighted by atomic mass is 19.4. The molecule has 0 aliphatic heterocycles. The largest absolute Gasteiger partial charge is 0.573 e. The fraction of sp³-hybridized carbons (Fsp3) is 0.217. The SMILES string of the molecule is CCOC(=O)c1nnn(Cc2ccc(OC)cc2)c1-c1cc2ccc(OC(F)(F)F)cc2cn1. The van der Waals surface area contributed by atoms with E-state index < -0.39 is 12.3 Å². The van der Waals surface area contributed by atoms with Crippen LogP contribution in [0.5, 0.6) is 11.5 Å². The Balaban J connectivity index is 1.74. The molecule has 0 saturated heterocycles. The second-order valence-corrected chi connectivity index (χ2v) is 7.14. The van der Waals surface area contributed by atoms with Gasteiger partial charge in [0.25, 0.3) is 0 Å². The van der Waals surface area contributed by atoms with E-state index in [-0.39, 0.29) is 24.6 Å². The summed E-state index contributed by atoms with van der Waals surface area (Å²) in [6.07, 6.45) is -3.40. The van der Waals surface area contributed by atoms with E-state index in [0.717, 1.165) is 5.56 Å². The molecule has 0 fully saturated rings. The standard InChI is InChI=1S/C23H19F3N4O4/c1-3-33-22(31)20-21(30(29-28-20)13-14-4-7-17(32-2)8-5-14)19-11-15-6-9-18(34-23(24,25)26)10-16(15)12-27-19/h4-12H,3,13H2,1-2H3. The van der Waals surface area contributed by atoms with Crippen molar-refractivity contribution in [3.8, 4) is 22.9 Å². The van der Waals surface area contributed by atoms with Crippen LogP contribution >= 0.6 is 0 Å². The van der Waals surface area contributed by atoms with Crippen molar-refractivity contribution in [2.75, 3.05) is 13.7 Å². The van der Waals surface area contributed by atoms with E-state index in [1.807, 2.05) is 12.1 Å². The molecule has 34 heavy (non-hydrogen) atoms. The maximum Gasteiger partial charge on any atom is 0.573 e. The van der Waals surface area contributed by atoms with Gasteiger partial charge in [-0.15, -0.1) is 18.3 Å². The van der Waals surface area contributed by atoms with E-state index >= 15 is 0 Å². The first-order valence-electron chi connectivity index (χ1n) is 10.2. The number of carbonyl (C=O) groups excluding carboxylic acids is 1. The van der Waals surface area contributed by atoms with Crippen LogP contribution in [-0.4, -0.2) is 46.0 Å². The van der Waals surface area contributed by atoms with Gasteiger partial charge >= 0.3 is 12.3 Å². The highest BCUT2D eigenvalue weighted by Gasteiger charge is 2.31. The van der Waals surface area contributed by atoms with Crippen LogP contribution in [0.2, 0.25) is 0 Å². The molecule has 0 aliphatic rings. The quantitative estimate of drug-likeness (QED) is 0.363. The second kappa shape index (κ2) is 9.38. The molecular weight excluding hydrogens is 453 g/mol. The van der Waals surface area contributed by atoms with Crippen LogP contribution in [0.3, 0.4) is 0 Å². The van der Waals surface area contributed by atoms with E-state index in [1.54, 1.807) is 32.2 Å². The molecule has 4 rings (SSSR count). The summed E-state index contributed by atoms with van der Waals surface area (Å²) in [7, 11) is 1.57. The smallest absolute Gasteiger partial charge is 0.497 e. The third-order valence-electron chi connectivity index (χ3n) is 4.86. The van der Waals surface area contributed by atoms with Crippen molar-refractivity contribution < 1.29 is 32.2 Å². The van der Waals surface area contributed by atoms with Crippen LogP contribution in [0.4, 0.5) is 13.2 Å². The minimum Gasteiger partial charge on any atom is -0.497 e. The minimum absolute atomic E-state index is 0.0146. The van der Waals surface area contributed by atoms with Crippen LogP contribution in [0.15, 0.2) is 54.7 Å². The van der Waals surface area contributed by atoms with Crippen molar-refractivity contribution in [1.29, 1.82) is 0 Å². The van der Waals surface area contributed by atoms with E-state index in [0.29, 0.717) is 27.9 Å². The second-order valence-electron chi connectivity index (χ2n) is 7.14. The fourth-order valence-electron chi connectivity index (χ4n) is 3.36. The van der Waals surface area contributed by atoms with E-state index in [2.05, 4.69) is 20.0 Å². The van der Waals surface area contributed by atoms with Crippen LogP contribution in [-0.2, 0) is 11.3 Å². The first kappa shape index (κ1) is 23.0. The van der Waals surface area contributed by atoms with E-state index in [4.69, 9.17) is 9.47 Å². The van der Waals surface area contributed by atoms with Gasteiger partial charge in [-0.2, -0.15) is 0 Å². The van der Waals surface area contributed by atoms with Crippen LogP contribution in [0, 0.1) is 0 Å². The number of alkyl halides is 3. The number of pyridine rings is 1. The lowest BCUT2D eigenvalue weighted by Crippen LogP contribution is -2.17. The molecule has 0 bridgehead atoms. The molecule has 0 radical (unpaired) electrons. The number of fused-ring (bicyclic) bond motifs is 1. The van der Waals surface area contributed by atoms with Crippen LogP contribution in [0.1, 0.15) is 23.0 Å². The number of nitrogens with zero attached hydrogens (tertiary/aromatic N) is 4. The highest BCUT2D eigenvalue weighted by molar-refractivity contribution is 5.95. The zero-order valence-electron chi connectivity index (χ0n) is 18.2. The Morgan fingerprint density at radius 2 is 1.76 bits per heavy atom. The molecule has 11 heteroatoms. The number of esters is 1. The fourth-order valence-corrected chi connectivity index (χ4v) is 3.36. The number of hydrogen-bond donors (Lipinski definition) is 0. The van der Waals surface area contributed by atoms with Crippen molar-refractivity contribution in [2.24, 2.45) is 0 Å². The number of carbonyl (C=O) groups is 1. The predicted octanol–water partition coefficient (Wildman–Crippen LogP) is 4.63. The summed E-state index contributed by atoms with van der Waals surface area (Å²) in [6.45, 7) is 2.11. The monoisotopic (exact) mass is 472 g/mol. The first-order chi connectivity index (χ1) is 16.3. The molecule has 0 N–H and O–H groups in total. The van der Waals surface area contributed by atoms with Gasteiger partial charge in [0, 0.05) is 11.6 Å². The van der Waals surface area contributed by atoms with Crippen LogP contribution in [0.25, 0.3) is 22.2 Å². The summed E-state index contributed by atoms with van der Waals surface area (Å²) in [5.74, 6) is -0.317. The van der Waals surface area contributed by atoms with Crippen molar-refractivity contribution in [1.82, 2.24) is 20.0 Å². The van der Waals surface area contributed by atoms with E-state index in [9.17, 15) is 18.0 Å². The summed E-state index contributed by atoms with van der Waals surface area (Å²) >= 11 is 0. The van der Waals surface area contributed by atoms with Crippen molar-refractivity contribution in [3.05, 3.63) is 66.0 Å². The molecule has 2 aromatic heterocycles. The predicted molar refractivity (Wildman–Crippen MR) is 115 cm³/mol. The van der Waals surface area contributed by atoms with Gasteiger partial charge in [0.15, 0.2) is 5.69 Å². The molecule has 0 atom stereocenters. The molecule has 176 valence electrons. The molecule has 0 saturated carbocycles. The summed E-state index contributed by atoms with van der Waals surface area (Å²) in [6, 6.07) is 12.9. The third kappa shape index (κ3) is 5.08. The van der Waals surface area contributed by atoms with Gasteiger partial charge in [0.2, 0.25) is 0 Å². The van der Waals surface area contributed by atoms with Gasteiger partial charge in [-0.3, -0.25) is 4.98 Å². The Hall–Kier alpha value is -4.15. The number of rotatable bonds is 7.